The summed E-state index contributed by atoms with van der Waals surface area (Å²) in [7, 11) is 0. The molecule has 1 heterocycles. The van der Waals surface area contributed by atoms with Crippen LogP contribution in [0.2, 0.25) is 0 Å². The topological polar surface area (TPSA) is 99.3 Å². The Bertz CT molecular complexity index is 478. The standard InChI is InChI=1S/C11H14N2O4/c1-6(2)9(11(16)17)13-10(15)7-3-4-12-8(14)5-7/h3-6,9H,1-2H3,(H,12,14)(H,13,15)(H,16,17). The van der Waals surface area contributed by atoms with Crippen molar-refractivity contribution < 1.29 is 14.7 Å². The second kappa shape index (κ2) is 5.29. The maximum atomic E-state index is 11.7. The zero-order valence-corrected chi connectivity index (χ0v) is 9.56. The fraction of sp³-hybridized carbons (Fsp3) is 0.364. The summed E-state index contributed by atoms with van der Waals surface area (Å²) in [5, 5.41) is 11.3. The van der Waals surface area contributed by atoms with Crippen molar-refractivity contribution in [1.82, 2.24) is 10.3 Å². The van der Waals surface area contributed by atoms with Crippen LogP contribution >= 0.6 is 0 Å². The normalized spacial score (nSPS) is 12.2. The van der Waals surface area contributed by atoms with E-state index in [1.54, 1.807) is 13.8 Å². The summed E-state index contributed by atoms with van der Waals surface area (Å²) in [6, 6.07) is 1.56. The van der Waals surface area contributed by atoms with Crippen LogP contribution in [0.1, 0.15) is 24.2 Å². The fourth-order valence-corrected chi connectivity index (χ4v) is 1.32. The molecule has 0 saturated heterocycles. The van der Waals surface area contributed by atoms with Crippen molar-refractivity contribution in [3.8, 4) is 0 Å². The molecule has 0 aromatic carbocycles. The molecule has 1 amide bonds. The number of aromatic amines is 1. The Morgan fingerprint density at radius 2 is 2.06 bits per heavy atom. The number of pyridine rings is 1. The number of aliphatic carboxylic acids is 1. The van der Waals surface area contributed by atoms with Crippen molar-refractivity contribution in [2.75, 3.05) is 0 Å². The summed E-state index contributed by atoms with van der Waals surface area (Å²) < 4.78 is 0. The number of amides is 1. The van der Waals surface area contributed by atoms with Gasteiger partial charge in [-0.05, 0) is 12.0 Å². The van der Waals surface area contributed by atoms with Gasteiger partial charge in [-0.15, -0.1) is 0 Å². The minimum absolute atomic E-state index is 0.139. The average molecular weight is 238 g/mol. The Morgan fingerprint density at radius 3 is 2.53 bits per heavy atom. The van der Waals surface area contributed by atoms with Gasteiger partial charge in [-0.1, -0.05) is 13.8 Å². The fourth-order valence-electron chi connectivity index (χ4n) is 1.32. The van der Waals surface area contributed by atoms with E-state index in [0.29, 0.717) is 0 Å². The number of carbonyl (C=O) groups is 2. The van der Waals surface area contributed by atoms with Crippen LogP contribution in [-0.4, -0.2) is 28.0 Å². The molecule has 1 unspecified atom stereocenters. The van der Waals surface area contributed by atoms with Crippen LogP contribution in [-0.2, 0) is 4.79 Å². The van der Waals surface area contributed by atoms with Gasteiger partial charge in [0.15, 0.2) is 0 Å². The first kappa shape index (κ1) is 13.0. The van der Waals surface area contributed by atoms with Gasteiger partial charge < -0.3 is 15.4 Å². The van der Waals surface area contributed by atoms with Crippen LogP contribution in [0.25, 0.3) is 0 Å². The van der Waals surface area contributed by atoms with Crippen LogP contribution in [0, 0.1) is 5.92 Å². The summed E-state index contributed by atoms with van der Waals surface area (Å²) in [5.41, 5.74) is -0.269. The number of aromatic nitrogens is 1. The van der Waals surface area contributed by atoms with Crippen molar-refractivity contribution in [2.45, 2.75) is 19.9 Å². The smallest absolute Gasteiger partial charge is 0.326 e. The third kappa shape index (κ3) is 3.44. The van der Waals surface area contributed by atoms with Crippen molar-refractivity contribution >= 4 is 11.9 Å². The maximum absolute atomic E-state index is 11.7. The second-order valence-corrected chi connectivity index (χ2v) is 3.97. The molecule has 1 aromatic heterocycles. The Labute approximate surface area is 97.7 Å². The van der Waals surface area contributed by atoms with E-state index in [9.17, 15) is 14.4 Å². The minimum Gasteiger partial charge on any atom is -0.480 e. The molecular formula is C11H14N2O4. The molecule has 0 fully saturated rings. The molecule has 0 radical (unpaired) electrons. The van der Waals surface area contributed by atoms with Crippen LogP contribution in [0.3, 0.4) is 0 Å². The molecule has 6 heteroatoms. The van der Waals surface area contributed by atoms with Gasteiger partial charge in [-0.25, -0.2) is 4.79 Å². The van der Waals surface area contributed by atoms with Crippen LogP contribution in [0.5, 0.6) is 0 Å². The highest BCUT2D eigenvalue weighted by atomic mass is 16.4. The molecule has 6 nitrogen and oxygen atoms in total. The number of carboxylic acids is 1. The Hall–Kier alpha value is -2.11. The van der Waals surface area contributed by atoms with E-state index in [2.05, 4.69) is 10.3 Å². The van der Waals surface area contributed by atoms with E-state index >= 15 is 0 Å². The number of carboxylic acid groups (broad SMARTS) is 1. The summed E-state index contributed by atoms with van der Waals surface area (Å²) in [6.07, 6.45) is 1.34. The van der Waals surface area contributed by atoms with E-state index in [1.165, 1.54) is 12.3 Å². The van der Waals surface area contributed by atoms with Gasteiger partial charge in [0, 0.05) is 17.8 Å². The first-order valence-electron chi connectivity index (χ1n) is 5.14. The highest BCUT2D eigenvalue weighted by Crippen LogP contribution is 2.03. The molecule has 3 N–H and O–H groups in total. The molecule has 1 aromatic rings. The molecule has 92 valence electrons. The number of H-pyrrole nitrogens is 1. The van der Waals surface area contributed by atoms with Gasteiger partial charge in [0.2, 0.25) is 5.56 Å². The first-order valence-corrected chi connectivity index (χ1v) is 5.14. The van der Waals surface area contributed by atoms with Gasteiger partial charge >= 0.3 is 5.97 Å². The lowest BCUT2D eigenvalue weighted by Crippen LogP contribution is -2.44. The van der Waals surface area contributed by atoms with E-state index in [-0.39, 0.29) is 11.5 Å². The molecule has 1 atom stereocenters. The molecule has 17 heavy (non-hydrogen) atoms. The molecule has 0 saturated carbocycles. The van der Waals surface area contributed by atoms with E-state index in [4.69, 9.17) is 5.11 Å². The van der Waals surface area contributed by atoms with E-state index in [1.807, 2.05) is 0 Å². The Morgan fingerprint density at radius 1 is 1.41 bits per heavy atom. The van der Waals surface area contributed by atoms with Gasteiger partial charge in [0.1, 0.15) is 6.04 Å². The number of hydrogen-bond donors (Lipinski definition) is 3. The van der Waals surface area contributed by atoms with Crippen molar-refractivity contribution in [2.24, 2.45) is 5.92 Å². The summed E-state index contributed by atoms with van der Waals surface area (Å²) >= 11 is 0. The number of hydrogen-bond acceptors (Lipinski definition) is 3. The second-order valence-electron chi connectivity index (χ2n) is 3.97. The molecule has 0 aliphatic carbocycles. The monoisotopic (exact) mass is 238 g/mol. The Kier molecular flexibility index (Phi) is 4.03. The SMILES string of the molecule is CC(C)C(NC(=O)c1cc[nH]c(=O)c1)C(=O)O. The zero-order valence-electron chi connectivity index (χ0n) is 9.56. The number of nitrogens with one attached hydrogen (secondary N) is 2. The number of rotatable bonds is 4. The van der Waals surface area contributed by atoms with Crippen LogP contribution in [0.15, 0.2) is 23.1 Å². The summed E-state index contributed by atoms with van der Waals surface area (Å²) in [5.74, 6) is -1.91. The summed E-state index contributed by atoms with van der Waals surface area (Å²) in [6.45, 7) is 3.38. The molecule has 0 spiro atoms. The third-order valence-corrected chi connectivity index (χ3v) is 2.26. The van der Waals surface area contributed by atoms with Gasteiger partial charge in [-0.2, -0.15) is 0 Å². The van der Waals surface area contributed by atoms with Crippen molar-refractivity contribution in [1.29, 1.82) is 0 Å². The van der Waals surface area contributed by atoms with Crippen LogP contribution in [0.4, 0.5) is 0 Å². The van der Waals surface area contributed by atoms with Crippen molar-refractivity contribution in [3.05, 3.63) is 34.2 Å². The van der Waals surface area contributed by atoms with Gasteiger partial charge in [0.05, 0.1) is 0 Å². The summed E-state index contributed by atoms with van der Waals surface area (Å²) in [4.78, 5) is 36.0. The number of carbonyl (C=O) groups excluding carboxylic acids is 1. The predicted octanol–water partition coefficient (Wildman–Crippen LogP) is 0.214. The quantitative estimate of drug-likeness (QED) is 0.698. The largest absolute Gasteiger partial charge is 0.480 e. The molecule has 0 aliphatic heterocycles. The molecular weight excluding hydrogens is 224 g/mol. The lowest BCUT2D eigenvalue weighted by atomic mass is 10.0. The molecule has 0 bridgehead atoms. The van der Waals surface area contributed by atoms with E-state index < -0.39 is 23.5 Å². The van der Waals surface area contributed by atoms with Crippen molar-refractivity contribution in [3.63, 3.8) is 0 Å². The maximum Gasteiger partial charge on any atom is 0.326 e. The molecule has 0 aliphatic rings. The zero-order chi connectivity index (χ0) is 13.0. The highest BCUT2D eigenvalue weighted by Gasteiger charge is 2.23. The average Bonchev–Trinajstić information content (AvgIpc) is 2.24. The third-order valence-electron chi connectivity index (χ3n) is 2.26. The predicted molar refractivity (Wildman–Crippen MR) is 60.8 cm³/mol. The first-order chi connectivity index (χ1) is 7.91. The van der Waals surface area contributed by atoms with E-state index in [0.717, 1.165) is 6.07 Å². The lowest BCUT2D eigenvalue weighted by molar-refractivity contribution is -0.140. The minimum atomic E-state index is -1.10. The van der Waals surface area contributed by atoms with Crippen LogP contribution < -0.4 is 10.9 Å². The lowest BCUT2D eigenvalue weighted by Gasteiger charge is -2.17. The molecule has 1 rings (SSSR count). The Balaban J connectivity index is 2.85. The van der Waals surface area contributed by atoms with Gasteiger partial charge in [-0.3, -0.25) is 9.59 Å². The highest BCUT2D eigenvalue weighted by molar-refractivity contribution is 5.96. The van der Waals surface area contributed by atoms with Gasteiger partial charge in [0.25, 0.3) is 5.91 Å².